The maximum Gasteiger partial charge on any atom is 0.345 e. The Balaban J connectivity index is 0.000000980. The Morgan fingerprint density at radius 3 is 2.36 bits per heavy atom. The quantitative estimate of drug-likeness (QED) is 0.468. The fourth-order valence-corrected chi connectivity index (χ4v) is 1.11. The molecule has 2 rings (SSSR count). The molecule has 0 saturated heterocycles. The van der Waals surface area contributed by atoms with Crippen molar-refractivity contribution in [1.82, 2.24) is 19.0 Å². The number of hydrogen-bond donors (Lipinski definition) is 3. The lowest BCUT2D eigenvalue weighted by Gasteiger charge is -1.90. The summed E-state index contributed by atoms with van der Waals surface area (Å²) in [6.07, 6.45) is 0. The number of imidazole rings is 1. The van der Waals surface area contributed by atoms with E-state index in [4.69, 9.17) is 11.8 Å². The zero-order chi connectivity index (χ0) is 9.59. The second-order valence-corrected chi connectivity index (χ2v) is 2.68. The smallest absolute Gasteiger partial charge is 0.345 e. The lowest BCUT2D eigenvalue weighted by atomic mass is 10.5. The number of nitrogens with zero attached hydrogens (tertiary/aromatic N) is 1. The molecule has 0 radical (unpaired) electrons. The van der Waals surface area contributed by atoms with Gasteiger partial charge in [-0.15, -0.1) is 0 Å². The molecule has 0 atom stereocenters. The summed E-state index contributed by atoms with van der Waals surface area (Å²) in [7, 11) is 0. The van der Waals surface area contributed by atoms with Gasteiger partial charge >= 0.3 is 11.4 Å². The monoisotopic (exact) mass is 220 g/mol. The van der Waals surface area contributed by atoms with Gasteiger partial charge in [-0.05, 0) is 0 Å². The minimum Gasteiger partial charge on any atom is -0.412 e. The van der Waals surface area contributed by atoms with E-state index in [9.17, 15) is 14.4 Å². The van der Waals surface area contributed by atoms with Crippen molar-refractivity contribution in [3.63, 3.8) is 0 Å². The summed E-state index contributed by atoms with van der Waals surface area (Å²) < 4.78 is 0.353. The van der Waals surface area contributed by atoms with Gasteiger partial charge in [-0.3, -0.25) is 19.7 Å². The molecule has 0 saturated carbocycles. The standard InChI is InChI=1S/C5H3ClN4O3.H2O/c6-10-3(11)1-2(9-5(10)13)8-4(12)7-1;/h(H,9,13)(H2,7,8,12);1H2. The van der Waals surface area contributed by atoms with Crippen LogP contribution in [-0.2, 0) is 0 Å². The fourth-order valence-electron chi connectivity index (χ4n) is 0.984. The third-order valence-corrected chi connectivity index (χ3v) is 1.84. The van der Waals surface area contributed by atoms with Crippen molar-refractivity contribution in [2.45, 2.75) is 0 Å². The average molecular weight is 221 g/mol. The van der Waals surface area contributed by atoms with Gasteiger partial charge in [0.2, 0.25) is 0 Å². The van der Waals surface area contributed by atoms with Crippen LogP contribution in [0.5, 0.6) is 0 Å². The summed E-state index contributed by atoms with van der Waals surface area (Å²) in [6, 6.07) is 0. The summed E-state index contributed by atoms with van der Waals surface area (Å²) in [5.74, 6) is 0. The molecule has 0 spiro atoms. The molecule has 0 unspecified atom stereocenters. The summed E-state index contributed by atoms with van der Waals surface area (Å²) in [5.41, 5.74) is -2.16. The zero-order valence-corrected chi connectivity index (χ0v) is 7.31. The van der Waals surface area contributed by atoms with Crippen molar-refractivity contribution in [2.24, 2.45) is 0 Å². The first-order valence-corrected chi connectivity index (χ1v) is 3.57. The van der Waals surface area contributed by atoms with E-state index in [-0.39, 0.29) is 16.6 Å². The van der Waals surface area contributed by atoms with E-state index in [1.165, 1.54) is 0 Å². The second-order valence-electron chi connectivity index (χ2n) is 2.35. The van der Waals surface area contributed by atoms with Crippen molar-refractivity contribution < 1.29 is 5.48 Å². The van der Waals surface area contributed by atoms with Crippen LogP contribution in [0.2, 0.25) is 0 Å². The van der Waals surface area contributed by atoms with Crippen molar-refractivity contribution in [1.29, 1.82) is 0 Å². The fraction of sp³-hybridized carbons (Fsp3) is 0. The van der Waals surface area contributed by atoms with Gasteiger partial charge in [0.15, 0.2) is 5.52 Å². The highest BCUT2D eigenvalue weighted by atomic mass is 35.5. The molecule has 0 fully saturated rings. The van der Waals surface area contributed by atoms with Crippen molar-refractivity contribution in [2.75, 3.05) is 0 Å². The number of nitrogens with one attached hydrogen (secondary N) is 3. The Kier molecular flexibility index (Phi) is 2.32. The van der Waals surface area contributed by atoms with E-state index in [2.05, 4.69) is 15.0 Å². The van der Waals surface area contributed by atoms with Crippen LogP contribution in [0.15, 0.2) is 14.4 Å². The van der Waals surface area contributed by atoms with Crippen LogP contribution in [-0.4, -0.2) is 24.5 Å². The number of aromatic nitrogens is 4. The molecule has 2 aromatic heterocycles. The maximum absolute atomic E-state index is 11.2. The molecular formula is C5H5ClN4O4. The second kappa shape index (κ2) is 3.16. The molecule has 0 bridgehead atoms. The van der Waals surface area contributed by atoms with Crippen LogP contribution in [0.3, 0.4) is 0 Å². The SMILES string of the molecule is O.O=c1[nH]c2[nH]c(=O)n(Cl)c(=O)c2[nH]1. The lowest BCUT2D eigenvalue weighted by Crippen LogP contribution is -2.29. The van der Waals surface area contributed by atoms with Gasteiger partial charge in [0.1, 0.15) is 5.65 Å². The van der Waals surface area contributed by atoms with Crippen LogP contribution in [0.4, 0.5) is 0 Å². The number of aromatic amines is 3. The van der Waals surface area contributed by atoms with Crippen LogP contribution < -0.4 is 16.9 Å². The topological polar surface area (TPSA) is 135 Å². The third kappa shape index (κ3) is 1.26. The minimum absolute atomic E-state index is 0. The molecule has 5 N–H and O–H groups in total. The molecule has 2 heterocycles. The number of H-pyrrole nitrogens is 3. The Morgan fingerprint density at radius 1 is 1.07 bits per heavy atom. The number of rotatable bonds is 0. The van der Waals surface area contributed by atoms with E-state index in [1.54, 1.807) is 0 Å². The maximum atomic E-state index is 11.2. The molecule has 76 valence electrons. The molecule has 0 aliphatic heterocycles. The molecule has 0 aromatic carbocycles. The Labute approximate surface area is 79.6 Å². The third-order valence-electron chi connectivity index (χ3n) is 1.53. The first kappa shape index (κ1) is 10.3. The molecule has 2 aromatic rings. The molecule has 14 heavy (non-hydrogen) atoms. The van der Waals surface area contributed by atoms with E-state index < -0.39 is 16.9 Å². The van der Waals surface area contributed by atoms with Crippen molar-refractivity contribution >= 4 is 22.9 Å². The largest absolute Gasteiger partial charge is 0.412 e. The highest BCUT2D eigenvalue weighted by Gasteiger charge is 2.07. The van der Waals surface area contributed by atoms with Gasteiger partial charge in [-0.1, -0.05) is 0 Å². The normalized spacial score (nSPS) is 10.1. The predicted molar refractivity (Wildman–Crippen MR) is 48.7 cm³/mol. The van der Waals surface area contributed by atoms with Gasteiger partial charge in [-0.25, -0.2) is 9.59 Å². The van der Waals surface area contributed by atoms with Crippen molar-refractivity contribution in [3.05, 3.63) is 31.3 Å². The molecule has 9 heteroatoms. The van der Waals surface area contributed by atoms with E-state index in [1.807, 2.05) is 0 Å². The van der Waals surface area contributed by atoms with Crippen LogP contribution in [0.25, 0.3) is 11.2 Å². The molecule has 0 aliphatic rings. The molecule has 0 aliphatic carbocycles. The van der Waals surface area contributed by atoms with Crippen molar-refractivity contribution in [3.8, 4) is 0 Å². The van der Waals surface area contributed by atoms with Crippen LogP contribution in [0.1, 0.15) is 0 Å². The number of fused-ring (bicyclic) bond motifs is 1. The molecule has 8 nitrogen and oxygen atoms in total. The van der Waals surface area contributed by atoms with Gasteiger partial charge in [0, 0.05) is 11.8 Å². The van der Waals surface area contributed by atoms with Gasteiger partial charge in [-0.2, -0.15) is 4.09 Å². The van der Waals surface area contributed by atoms with Gasteiger partial charge < -0.3 is 5.48 Å². The number of hydrogen-bond acceptors (Lipinski definition) is 3. The van der Waals surface area contributed by atoms with E-state index >= 15 is 0 Å². The Hall–Kier alpha value is -1.80. The van der Waals surface area contributed by atoms with Gasteiger partial charge in [0.05, 0.1) is 0 Å². The molecule has 0 amide bonds. The highest BCUT2D eigenvalue weighted by Crippen LogP contribution is 1.91. The van der Waals surface area contributed by atoms with Crippen LogP contribution >= 0.6 is 11.8 Å². The first-order valence-electron chi connectivity index (χ1n) is 3.23. The Bertz CT molecular complexity index is 631. The highest BCUT2D eigenvalue weighted by molar-refractivity contribution is 6.15. The van der Waals surface area contributed by atoms with Crippen LogP contribution in [0, 0.1) is 0 Å². The number of halogens is 1. The summed E-state index contributed by atoms with van der Waals surface area (Å²) in [5, 5.41) is 0. The van der Waals surface area contributed by atoms with Gasteiger partial charge in [0.25, 0.3) is 5.56 Å². The summed E-state index contributed by atoms with van der Waals surface area (Å²) >= 11 is 5.29. The predicted octanol–water partition coefficient (Wildman–Crippen LogP) is -2.12. The summed E-state index contributed by atoms with van der Waals surface area (Å²) in [4.78, 5) is 39.5. The van der Waals surface area contributed by atoms with E-state index in [0.29, 0.717) is 4.09 Å². The zero-order valence-electron chi connectivity index (χ0n) is 6.55. The average Bonchev–Trinajstić information content (AvgIpc) is 2.42. The minimum atomic E-state index is -0.797. The Morgan fingerprint density at radius 2 is 1.71 bits per heavy atom. The lowest BCUT2D eigenvalue weighted by molar-refractivity contribution is 0.824. The van der Waals surface area contributed by atoms with E-state index in [0.717, 1.165) is 0 Å². The molecular weight excluding hydrogens is 216 g/mol. The first-order chi connectivity index (χ1) is 6.09. The summed E-state index contributed by atoms with van der Waals surface area (Å²) in [6.45, 7) is 0.